The van der Waals surface area contributed by atoms with Gasteiger partial charge in [0.2, 0.25) is 0 Å². The quantitative estimate of drug-likeness (QED) is 0.790. The topological polar surface area (TPSA) is 36.4 Å². The highest BCUT2D eigenvalue weighted by atomic mass is 16.3. The first-order chi connectivity index (χ1) is 8.12. The molecule has 0 amide bonds. The standard InChI is InChI=1S/C14H20N2O/c1-5-7-16(6-2)14-9-12(10-17)8-13(15-14)11(3)4/h1,8-9,11,17H,6-7,10H2,2-4H3. The van der Waals surface area contributed by atoms with Crippen LogP contribution in [0.1, 0.15) is 37.9 Å². The highest BCUT2D eigenvalue weighted by Gasteiger charge is 2.10. The van der Waals surface area contributed by atoms with Crippen LogP contribution in [0.25, 0.3) is 0 Å². The highest BCUT2D eigenvalue weighted by Crippen LogP contribution is 2.20. The van der Waals surface area contributed by atoms with Crippen molar-refractivity contribution in [2.45, 2.75) is 33.3 Å². The van der Waals surface area contributed by atoms with E-state index in [0.29, 0.717) is 12.5 Å². The molecule has 0 saturated heterocycles. The molecule has 0 saturated carbocycles. The molecular weight excluding hydrogens is 212 g/mol. The van der Waals surface area contributed by atoms with Crippen LogP contribution in [0.15, 0.2) is 12.1 Å². The van der Waals surface area contributed by atoms with E-state index in [2.05, 4.69) is 24.8 Å². The second kappa shape index (κ2) is 6.27. The van der Waals surface area contributed by atoms with Gasteiger partial charge < -0.3 is 10.0 Å². The average molecular weight is 232 g/mol. The first-order valence-electron chi connectivity index (χ1n) is 5.92. The normalized spacial score (nSPS) is 10.4. The van der Waals surface area contributed by atoms with Crippen LogP contribution in [0, 0.1) is 12.3 Å². The Morgan fingerprint density at radius 1 is 1.47 bits per heavy atom. The van der Waals surface area contributed by atoms with Crippen LogP contribution in [0.4, 0.5) is 5.82 Å². The molecule has 0 spiro atoms. The van der Waals surface area contributed by atoms with E-state index in [1.807, 2.05) is 24.0 Å². The molecule has 3 nitrogen and oxygen atoms in total. The summed E-state index contributed by atoms with van der Waals surface area (Å²) in [6.45, 7) is 7.59. The van der Waals surface area contributed by atoms with Crippen LogP contribution in [-0.2, 0) is 6.61 Å². The minimum Gasteiger partial charge on any atom is -0.392 e. The number of aliphatic hydroxyl groups is 1. The third-order valence-corrected chi connectivity index (χ3v) is 2.65. The number of pyridine rings is 1. The fraction of sp³-hybridized carbons (Fsp3) is 0.500. The van der Waals surface area contributed by atoms with Gasteiger partial charge in [-0.05, 0) is 30.5 Å². The number of aliphatic hydroxyl groups excluding tert-OH is 1. The van der Waals surface area contributed by atoms with E-state index >= 15 is 0 Å². The maximum atomic E-state index is 9.27. The van der Waals surface area contributed by atoms with Crippen LogP contribution in [0.5, 0.6) is 0 Å². The molecule has 0 aromatic carbocycles. The molecule has 1 heterocycles. The predicted octanol–water partition coefficient (Wildman–Crippen LogP) is 2.16. The van der Waals surface area contributed by atoms with E-state index in [4.69, 9.17) is 6.42 Å². The molecule has 0 bridgehead atoms. The van der Waals surface area contributed by atoms with Crippen molar-refractivity contribution in [1.29, 1.82) is 0 Å². The van der Waals surface area contributed by atoms with Gasteiger partial charge in [0.25, 0.3) is 0 Å². The fourth-order valence-corrected chi connectivity index (χ4v) is 1.61. The first kappa shape index (κ1) is 13.5. The number of aromatic nitrogens is 1. The Morgan fingerprint density at radius 2 is 2.18 bits per heavy atom. The zero-order valence-electron chi connectivity index (χ0n) is 10.8. The van der Waals surface area contributed by atoms with Crippen LogP contribution < -0.4 is 4.90 Å². The molecular formula is C14H20N2O. The van der Waals surface area contributed by atoms with Crippen molar-refractivity contribution >= 4 is 5.82 Å². The number of hydrogen-bond acceptors (Lipinski definition) is 3. The number of rotatable bonds is 5. The lowest BCUT2D eigenvalue weighted by Gasteiger charge is -2.21. The molecule has 1 rings (SSSR count). The van der Waals surface area contributed by atoms with Crippen LogP contribution in [0.2, 0.25) is 0 Å². The summed E-state index contributed by atoms with van der Waals surface area (Å²) in [6.07, 6.45) is 5.34. The van der Waals surface area contributed by atoms with Gasteiger partial charge in [0.15, 0.2) is 0 Å². The van der Waals surface area contributed by atoms with Crippen molar-refractivity contribution in [3.63, 3.8) is 0 Å². The molecule has 3 heteroatoms. The van der Waals surface area contributed by atoms with Gasteiger partial charge in [-0.2, -0.15) is 0 Å². The Labute approximate surface area is 103 Å². The third kappa shape index (κ3) is 3.47. The Balaban J connectivity index is 3.13. The third-order valence-electron chi connectivity index (χ3n) is 2.65. The van der Waals surface area contributed by atoms with Crippen molar-refractivity contribution in [3.05, 3.63) is 23.4 Å². The summed E-state index contributed by atoms with van der Waals surface area (Å²) in [5.41, 5.74) is 1.87. The Hall–Kier alpha value is -1.53. The van der Waals surface area contributed by atoms with E-state index in [9.17, 15) is 5.11 Å². The molecule has 0 radical (unpaired) electrons. The van der Waals surface area contributed by atoms with Gasteiger partial charge in [-0.3, -0.25) is 0 Å². The van der Waals surface area contributed by atoms with Crippen molar-refractivity contribution < 1.29 is 5.11 Å². The average Bonchev–Trinajstić information content (AvgIpc) is 2.35. The Kier molecular flexibility index (Phi) is 4.99. The number of hydrogen-bond donors (Lipinski definition) is 1. The molecule has 1 aromatic heterocycles. The minimum atomic E-state index is 0.0306. The maximum Gasteiger partial charge on any atom is 0.129 e. The predicted molar refractivity (Wildman–Crippen MR) is 71.0 cm³/mol. The van der Waals surface area contributed by atoms with E-state index in [-0.39, 0.29) is 6.61 Å². The van der Waals surface area contributed by atoms with Gasteiger partial charge in [0, 0.05) is 12.2 Å². The lowest BCUT2D eigenvalue weighted by Crippen LogP contribution is -2.24. The van der Waals surface area contributed by atoms with Crippen LogP contribution in [0.3, 0.4) is 0 Å². The summed E-state index contributed by atoms with van der Waals surface area (Å²) >= 11 is 0. The number of anilines is 1. The molecule has 1 aromatic rings. The largest absolute Gasteiger partial charge is 0.392 e. The molecule has 0 aliphatic rings. The summed E-state index contributed by atoms with van der Waals surface area (Å²) in [6, 6.07) is 3.84. The molecule has 0 fully saturated rings. The smallest absolute Gasteiger partial charge is 0.129 e. The number of terminal acetylenes is 1. The second-order valence-electron chi connectivity index (χ2n) is 4.29. The number of nitrogens with zero attached hydrogens (tertiary/aromatic N) is 2. The summed E-state index contributed by atoms with van der Waals surface area (Å²) in [5, 5.41) is 9.27. The van der Waals surface area contributed by atoms with Crippen LogP contribution >= 0.6 is 0 Å². The van der Waals surface area contributed by atoms with E-state index in [0.717, 1.165) is 23.6 Å². The zero-order chi connectivity index (χ0) is 12.8. The zero-order valence-corrected chi connectivity index (χ0v) is 10.8. The molecule has 1 N–H and O–H groups in total. The van der Waals surface area contributed by atoms with Crippen molar-refractivity contribution in [1.82, 2.24) is 4.98 Å². The monoisotopic (exact) mass is 232 g/mol. The summed E-state index contributed by atoms with van der Waals surface area (Å²) in [5.74, 6) is 3.81. The van der Waals surface area contributed by atoms with E-state index in [1.165, 1.54) is 0 Å². The van der Waals surface area contributed by atoms with Crippen molar-refractivity contribution in [2.75, 3.05) is 18.0 Å². The minimum absolute atomic E-state index is 0.0306. The van der Waals surface area contributed by atoms with Gasteiger partial charge in [-0.15, -0.1) is 6.42 Å². The molecule has 0 unspecified atom stereocenters. The fourth-order valence-electron chi connectivity index (χ4n) is 1.61. The Morgan fingerprint density at radius 3 is 2.65 bits per heavy atom. The molecule has 0 aliphatic heterocycles. The first-order valence-corrected chi connectivity index (χ1v) is 5.92. The molecule has 92 valence electrons. The highest BCUT2D eigenvalue weighted by molar-refractivity contribution is 5.44. The second-order valence-corrected chi connectivity index (χ2v) is 4.29. The maximum absolute atomic E-state index is 9.27. The Bertz CT molecular complexity index is 407. The summed E-state index contributed by atoms with van der Waals surface area (Å²) in [7, 11) is 0. The van der Waals surface area contributed by atoms with Gasteiger partial charge in [0.1, 0.15) is 5.82 Å². The van der Waals surface area contributed by atoms with Gasteiger partial charge >= 0.3 is 0 Å². The van der Waals surface area contributed by atoms with Crippen molar-refractivity contribution in [2.24, 2.45) is 0 Å². The van der Waals surface area contributed by atoms with E-state index < -0.39 is 0 Å². The summed E-state index contributed by atoms with van der Waals surface area (Å²) in [4.78, 5) is 6.61. The summed E-state index contributed by atoms with van der Waals surface area (Å²) < 4.78 is 0. The lowest BCUT2D eigenvalue weighted by atomic mass is 10.1. The van der Waals surface area contributed by atoms with Gasteiger partial charge in [-0.1, -0.05) is 19.8 Å². The van der Waals surface area contributed by atoms with Crippen molar-refractivity contribution in [3.8, 4) is 12.3 Å². The van der Waals surface area contributed by atoms with E-state index in [1.54, 1.807) is 0 Å². The molecule has 0 aliphatic carbocycles. The van der Waals surface area contributed by atoms with Crippen LogP contribution in [-0.4, -0.2) is 23.2 Å². The lowest BCUT2D eigenvalue weighted by molar-refractivity contribution is 0.281. The van der Waals surface area contributed by atoms with Gasteiger partial charge in [-0.25, -0.2) is 4.98 Å². The SMILES string of the molecule is C#CCN(CC)c1cc(CO)cc(C(C)C)n1. The molecule has 17 heavy (non-hydrogen) atoms. The van der Waals surface area contributed by atoms with Gasteiger partial charge in [0.05, 0.1) is 13.2 Å². The molecule has 0 atom stereocenters.